The van der Waals surface area contributed by atoms with E-state index in [1.807, 2.05) is 6.07 Å². The van der Waals surface area contributed by atoms with Gasteiger partial charge < -0.3 is 15.2 Å². The van der Waals surface area contributed by atoms with Crippen molar-refractivity contribution in [1.82, 2.24) is 9.55 Å². The van der Waals surface area contributed by atoms with E-state index in [1.54, 1.807) is 30.3 Å². The molecule has 0 aliphatic carbocycles. The van der Waals surface area contributed by atoms with E-state index in [4.69, 9.17) is 16.9 Å². The molecule has 2 aromatic carbocycles. The minimum Gasteiger partial charge on any atom is -0.493 e. The topological polar surface area (TPSA) is 114 Å². The van der Waals surface area contributed by atoms with E-state index >= 15 is 0 Å². The number of aromatic amines is 1. The maximum Gasteiger partial charge on any atom is 0.329 e. The number of aromatic hydroxyl groups is 1. The second kappa shape index (κ2) is 7.63. The Kier molecular flexibility index (Phi) is 4.99. The molecule has 0 radical (unpaired) electrons. The van der Waals surface area contributed by atoms with E-state index in [0.29, 0.717) is 22.3 Å². The van der Waals surface area contributed by atoms with E-state index < -0.39 is 30.0 Å². The number of hydrogen-bond donors (Lipinski definition) is 3. The fourth-order valence-corrected chi connectivity index (χ4v) is 3.49. The van der Waals surface area contributed by atoms with Gasteiger partial charge in [0.05, 0.1) is 29.3 Å². The standard InChI is InChI=1S/C21H14ClFN4O3/c22-15-6-5-14-13(9-25-19(14)18(15)23)7-16-20(29)27(21(30)26-16)17(10-28)12-3-1-11(8-24)2-4-12/h1-7,9,17,28-29H,10H2,(H,26,30)/b13-7+. The lowest BCUT2D eigenvalue weighted by Gasteiger charge is -2.16. The lowest BCUT2D eigenvalue weighted by molar-refractivity contribution is 0.237. The Hall–Kier alpha value is -3.67. The summed E-state index contributed by atoms with van der Waals surface area (Å²) < 4.78 is 15.1. The van der Waals surface area contributed by atoms with Crippen LogP contribution >= 0.6 is 11.6 Å². The van der Waals surface area contributed by atoms with Gasteiger partial charge in [-0.05, 0) is 29.8 Å². The summed E-state index contributed by atoms with van der Waals surface area (Å²) >= 11 is 5.78. The summed E-state index contributed by atoms with van der Waals surface area (Å²) in [5.41, 5.74) is 1.44. The highest BCUT2D eigenvalue weighted by molar-refractivity contribution is 6.31. The number of allylic oxidation sites excluding steroid dienone is 1. The first-order valence-corrected chi connectivity index (χ1v) is 9.21. The molecule has 4 rings (SSSR count). The first-order valence-electron chi connectivity index (χ1n) is 8.83. The van der Waals surface area contributed by atoms with Crippen LogP contribution in [-0.4, -0.2) is 32.6 Å². The van der Waals surface area contributed by atoms with Crippen molar-refractivity contribution in [3.05, 3.63) is 80.1 Å². The number of aliphatic hydroxyl groups excluding tert-OH is 1. The van der Waals surface area contributed by atoms with Gasteiger partial charge in [0.25, 0.3) is 0 Å². The van der Waals surface area contributed by atoms with Crippen molar-refractivity contribution < 1.29 is 14.6 Å². The number of aromatic nitrogens is 2. The maximum atomic E-state index is 14.1. The number of nitriles is 1. The monoisotopic (exact) mass is 424 g/mol. The Bertz CT molecular complexity index is 1300. The van der Waals surface area contributed by atoms with Gasteiger partial charge in [0.1, 0.15) is 11.4 Å². The van der Waals surface area contributed by atoms with Crippen molar-refractivity contribution >= 4 is 35.2 Å². The number of benzene rings is 2. The normalized spacial score (nSPS) is 14.7. The Morgan fingerprint density at radius 1 is 1.30 bits per heavy atom. The van der Waals surface area contributed by atoms with Gasteiger partial charge >= 0.3 is 5.69 Å². The fourth-order valence-electron chi connectivity index (χ4n) is 3.34. The summed E-state index contributed by atoms with van der Waals surface area (Å²) in [4.78, 5) is 19.1. The lowest BCUT2D eigenvalue weighted by atomic mass is 10.0. The first kappa shape index (κ1) is 19.6. The van der Waals surface area contributed by atoms with Crippen LogP contribution < -0.4 is 5.69 Å². The molecular weight excluding hydrogens is 411 g/mol. The molecule has 30 heavy (non-hydrogen) atoms. The number of aliphatic imine (C=N–C) groups is 1. The third-order valence-electron chi connectivity index (χ3n) is 4.85. The third kappa shape index (κ3) is 3.20. The van der Waals surface area contributed by atoms with Crippen LogP contribution in [0, 0.1) is 17.1 Å². The molecule has 3 aromatic rings. The maximum absolute atomic E-state index is 14.1. The quantitative estimate of drug-likeness (QED) is 0.595. The number of halogens is 2. The minimum atomic E-state index is -0.866. The molecule has 0 amide bonds. The number of fused-ring (bicyclic) bond motifs is 1. The Morgan fingerprint density at radius 3 is 2.70 bits per heavy atom. The number of nitrogens with one attached hydrogen (secondary N) is 1. The summed E-state index contributed by atoms with van der Waals surface area (Å²) in [6.07, 6.45) is 2.87. The van der Waals surface area contributed by atoms with Crippen molar-refractivity contribution in [1.29, 1.82) is 5.26 Å². The minimum absolute atomic E-state index is 0.0530. The molecule has 1 aliphatic heterocycles. The number of hydrogen-bond acceptors (Lipinski definition) is 5. The molecule has 7 nitrogen and oxygen atoms in total. The Morgan fingerprint density at radius 2 is 2.03 bits per heavy atom. The van der Waals surface area contributed by atoms with Crippen molar-refractivity contribution in [2.75, 3.05) is 6.61 Å². The van der Waals surface area contributed by atoms with Crippen LogP contribution in [-0.2, 0) is 0 Å². The predicted octanol–water partition coefficient (Wildman–Crippen LogP) is 3.38. The van der Waals surface area contributed by atoms with Crippen LogP contribution in [0.1, 0.15) is 28.4 Å². The third-order valence-corrected chi connectivity index (χ3v) is 5.14. The number of aliphatic hydroxyl groups is 1. The van der Waals surface area contributed by atoms with Gasteiger partial charge in [0, 0.05) is 17.4 Å². The number of imidazole rings is 1. The van der Waals surface area contributed by atoms with Crippen molar-refractivity contribution in [3.63, 3.8) is 0 Å². The number of nitrogens with zero attached hydrogens (tertiary/aromatic N) is 3. The molecular formula is C21H14ClFN4O3. The molecule has 2 heterocycles. The van der Waals surface area contributed by atoms with E-state index in [2.05, 4.69) is 9.98 Å². The molecule has 9 heteroatoms. The van der Waals surface area contributed by atoms with Crippen LogP contribution in [0.25, 0.3) is 11.6 Å². The summed E-state index contributed by atoms with van der Waals surface area (Å²) in [6.45, 7) is -0.457. The molecule has 1 unspecified atom stereocenters. The highest BCUT2D eigenvalue weighted by Gasteiger charge is 2.23. The molecule has 0 bridgehead atoms. The van der Waals surface area contributed by atoms with Crippen molar-refractivity contribution in [2.24, 2.45) is 4.99 Å². The van der Waals surface area contributed by atoms with Gasteiger partial charge in [-0.25, -0.2) is 9.18 Å². The summed E-state index contributed by atoms with van der Waals surface area (Å²) in [6, 6.07) is 10.4. The largest absolute Gasteiger partial charge is 0.493 e. The molecule has 0 saturated carbocycles. The van der Waals surface area contributed by atoms with E-state index in [1.165, 1.54) is 18.4 Å². The molecule has 0 spiro atoms. The van der Waals surface area contributed by atoms with E-state index in [0.717, 1.165) is 4.57 Å². The number of H-pyrrole nitrogens is 1. The second-order valence-corrected chi connectivity index (χ2v) is 6.99. The zero-order chi connectivity index (χ0) is 21.4. The van der Waals surface area contributed by atoms with Gasteiger partial charge in [-0.3, -0.25) is 9.56 Å². The first-order chi connectivity index (χ1) is 14.4. The van der Waals surface area contributed by atoms with Crippen LogP contribution in [0.15, 0.2) is 46.2 Å². The predicted molar refractivity (Wildman–Crippen MR) is 111 cm³/mol. The Labute approximate surface area is 174 Å². The molecule has 0 saturated heterocycles. The fraction of sp³-hybridized carbons (Fsp3) is 0.0952. The molecule has 1 aromatic heterocycles. The van der Waals surface area contributed by atoms with Crippen LogP contribution in [0.2, 0.25) is 5.02 Å². The molecule has 150 valence electrons. The average Bonchev–Trinajstić information content (AvgIpc) is 3.28. The lowest BCUT2D eigenvalue weighted by Crippen LogP contribution is -2.25. The summed E-state index contributed by atoms with van der Waals surface area (Å²) in [5.74, 6) is -1.04. The summed E-state index contributed by atoms with van der Waals surface area (Å²) in [5, 5.41) is 29.4. The molecule has 3 N–H and O–H groups in total. The van der Waals surface area contributed by atoms with Gasteiger partial charge in [0.15, 0.2) is 5.82 Å². The van der Waals surface area contributed by atoms with Gasteiger partial charge in [-0.15, -0.1) is 0 Å². The molecule has 0 fully saturated rings. The van der Waals surface area contributed by atoms with E-state index in [-0.39, 0.29) is 16.4 Å². The van der Waals surface area contributed by atoms with Gasteiger partial charge in [-0.1, -0.05) is 29.8 Å². The Balaban J connectivity index is 1.76. The zero-order valence-electron chi connectivity index (χ0n) is 15.3. The SMILES string of the molecule is N#Cc1ccc(C(CO)n2c(O)c(/C=C3\C=Nc4c3ccc(Cl)c4F)[nH]c2=O)cc1. The summed E-state index contributed by atoms with van der Waals surface area (Å²) in [7, 11) is 0. The van der Waals surface area contributed by atoms with Crippen LogP contribution in [0.3, 0.4) is 0 Å². The van der Waals surface area contributed by atoms with Crippen LogP contribution in [0.4, 0.5) is 10.1 Å². The highest BCUT2D eigenvalue weighted by atomic mass is 35.5. The van der Waals surface area contributed by atoms with Crippen molar-refractivity contribution in [2.45, 2.75) is 6.04 Å². The number of rotatable bonds is 4. The second-order valence-electron chi connectivity index (χ2n) is 6.59. The van der Waals surface area contributed by atoms with Gasteiger partial charge in [-0.2, -0.15) is 5.26 Å². The zero-order valence-corrected chi connectivity index (χ0v) is 16.1. The van der Waals surface area contributed by atoms with Crippen LogP contribution in [0.5, 0.6) is 5.88 Å². The molecule has 1 atom stereocenters. The average molecular weight is 425 g/mol. The smallest absolute Gasteiger partial charge is 0.329 e. The van der Waals surface area contributed by atoms with Crippen molar-refractivity contribution in [3.8, 4) is 11.9 Å². The van der Waals surface area contributed by atoms with E-state index in [9.17, 15) is 19.4 Å². The van der Waals surface area contributed by atoms with Gasteiger partial charge in [0.2, 0.25) is 5.88 Å². The highest BCUT2D eigenvalue weighted by Crippen LogP contribution is 2.38. The molecule has 1 aliphatic rings.